The van der Waals surface area contributed by atoms with Crippen LogP contribution in [0.3, 0.4) is 0 Å². The van der Waals surface area contributed by atoms with E-state index in [1.807, 2.05) is 0 Å². The van der Waals surface area contributed by atoms with E-state index in [1.165, 1.54) is 40.9 Å². The number of carboxylic acid groups (broad SMARTS) is 1. The summed E-state index contributed by atoms with van der Waals surface area (Å²) in [6.07, 6.45) is -0.434. The van der Waals surface area contributed by atoms with Gasteiger partial charge in [0.1, 0.15) is 29.2 Å². The van der Waals surface area contributed by atoms with Gasteiger partial charge in [0.05, 0.1) is 12.5 Å². The Morgan fingerprint density at radius 1 is 1.18 bits per heavy atom. The topological polar surface area (TPSA) is 205 Å². The molecule has 8 N–H and O–H groups in total. The van der Waals surface area contributed by atoms with E-state index >= 15 is 0 Å². The number of fused-ring (bicyclic) bond motifs is 1. The number of benzene rings is 1. The molecule has 4 amide bonds. The minimum atomic E-state index is -1.30. The smallest absolute Gasteiger partial charge is 0.327 e. The minimum absolute atomic E-state index is 0.0659. The van der Waals surface area contributed by atoms with Crippen molar-refractivity contribution in [2.75, 3.05) is 0 Å². The summed E-state index contributed by atoms with van der Waals surface area (Å²) in [5, 5.41) is 23.5. The van der Waals surface area contributed by atoms with Crippen molar-refractivity contribution in [1.82, 2.24) is 15.5 Å². The zero-order valence-corrected chi connectivity index (χ0v) is 18.7. The van der Waals surface area contributed by atoms with E-state index in [2.05, 4.69) is 10.6 Å². The van der Waals surface area contributed by atoms with Gasteiger partial charge in [0.15, 0.2) is 0 Å². The van der Waals surface area contributed by atoms with Gasteiger partial charge in [0.2, 0.25) is 23.6 Å². The van der Waals surface area contributed by atoms with E-state index in [-0.39, 0.29) is 11.3 Å². The number of β-lactam (4-membered cyclic amide) rings is 1. The first-order valence-electron chi connectivity index (χ1n) is 10.00. The second-order valence-corrected chi connectivity index (χ2v) is 10.2. The number of aromatic hydroxyl groups is 1. The lowest BCUT2D eigenvalue weighted by molar-refractivity contribution is -0.161. The second kappa shape index (κ2) is 8.90. The highest BCUT2D eigenvalue weighted by molar-refractivity contribution is 8.01. The number of nitrogens with one attached hydrogen (secondary N) is 2. The molecule has 2 aliphatic heterocycles. The summed E-state index contributed by atoms with van der Waals surface area (Å²) in [5.74, 6) is -4.09. The van der Waals surface area contributed by atoms with E-state index in [1.54, 1.807) is 13.8 Å². The third kappa shape index (κ3) is 4.73. The van der Waals surface area contributed by atoms with Crippen LogP contribution in [0.4, 0.5) is 0 Å². The number of amides is 4. The van der Waals surface area contributed by atoms with Crippen LogP contribution in [0.1, 0.15) is 31.9 Å². The number of primary amides is 1. The molecule has 33 heavy (non-hydrogen) atoms. The Hall–Kier alpha value is -3.32. The number of rotatable bonds is 8. The summed E-state index contributed by atoms with van der Waals surface area (Å²) < 4.78 is -0.766. The lowest BCUT2D eigenvalue weighted by Crippen LogP contribution is -2.71. The van der Waals surface area contributed by atoms with E-state index in [0.717, 1.165) is 0 Å². The second-order valence-electron chi connectivity index (χ2n) is 8.39. The van der Waals surface area contributed by atoms with Crippen molar-refractivity contribution in [2.45, 2.75) is 54.6 Å². The SMILES string of the molecule is CC1(C)S[C@@H]2[C@H](NC(=O)C(NC(=O)[C@@H](N)CC(N)=O)c3ccc(O)cc3)C(=O)N2[C@H]1C(=O)O. The van der Waals surface area contributed by atoms with E-state index in [0.29, 0.717) is 0 Å². The predicted molar refractivity (Wildman–Crippen MR) is 116 cm³/mol. The number of carbonyl (C=O) groups is 5. The van der Waals surface area contributed by atoms with Crippen molar-refractivity contribution >= 4 is 41.4 Å². The molecule has 5 atom stereocenters. The monoisotopic (exact) mass is 479 g/mol. The van der Waals surface area contributed by atoms with E-state index in [9.17, 15) is 34.2 Å². The van der Waals surface area contributed by atoms with Crippen LogP contribution in [-0.4, -0.2) is 73.0 Å². The molecule has 0 aliphatic carbocycles. The summed E-state index contributed by atoms with van der Waals surface area (Å²) in [4.78, 5) is 62.2. The molecular weight excluding hydrogens is 454 g/mol. The van der Waals surface area contributed by atoms with Gasteiger partial charge in [-0.25, -0.2) is 4.79 Å². The zero-order valence-electron chi connectivity index (χ0n) is 17.8. The lowest BCUT2D eigenvalue weighted by atomic mass is 9.95. The zero-order chi connectivity index (χ0) is 24.7. The maximum absolute atomic E-state index is 13.1. The lowest BCUT2D eigenvalue weighted by Gasteiger charge is -2.44. The molecule has 1 aromatic carbocycles. The van der Waals surface area contributed by atoms with Gasteiger partial charge in [-0.15, -0.1) is 11.8 Å². The molecule has 0 radical (unpaired) electrons. The van der Waals surface area contributed by atoms with Crippen LogP contribution >= 0.6 is 11.8 Å². The number of phenols is 1. The molecule has 0 saturated carbocycles. The molecule has 0 spiro atoms. The molecule has 2 saturated heterocycles. The van der Waals surface area contributed by atoms with Crippen molar-refractivity contribution in [1.29, 1.82) is 0 Å². The Kier molecular flexibility index (Phi) is 6.56. The normalized spacial score (nSPS) is 24.8. The van der Waals surface area contributed by atoms with E-state index in [4.69, 9.17) is 11.5 Å². The average Bonchev–Trinajstić information content (AvgIpc) is 2.98. The molecule has 13 heteroatoms. The number of thioether (sulfide) groups is 1. The highest BCUT2D eigenvalue weighted by atomic mass is 32.2. The van der Waals surface area contributed by atoms with Crippen LogP contribution in [0.25, 0.3) is 0 Å². The Bertz CT molecular complexity index is 999. The first kappa shape index (κ1) is 24.3. The van der Waals surface area contributed by atoms with Gasteiger partial charge in [-0.2, -0.15) is 0 Å². The fourth-order valence-corrected chi connectivity index (χ4v) is 5.53. The van der Waals surface area contributed by atoms with Gasteiger partial charge in [0, 0.05) is 4.75 Å². The molecule has 12 nitrogen and oxygen atoms in total. The number of carboxylic acids is 1. The summed E-state index contributed by atoms with van der Waals surface area (Å²) >= 11 is 1.26. The first-order valence-corrected chi connectivity index (χ1v) is 10.9. The van der Waals surface area contributed by atoms with Crippen molar-refractivity contribution in [3.63, 3.8) is 0 Å². The van der Waals surface area contributed by atoms with Gasteiger partial charge >= 0.3 is 5.97 Å². The molecule has 1 unspecified atom stereocenters. The number of hydrogen-bond donors (Lipinski definition) is 6. The number of carbonyl (C=O) groups excluding carboxylic acids is 4. The molecule has 2 fully saturated rings. The van der Waals surface area contributed by atoms with Crippen molar-refractivity contribution < 1.29 is 34.2 Å². The van der Waals surface area contributed by atoms with Crippen LogP contribution in [0.2, 0.25) is 0 Å². The third-order valence-electron chi connectivity index (χ3n) is 5.51. The van der Waals surface area contributed by atoms with Crippen molar-refractivity contribution in [3.05, 3.63) is 29.8 Å². The number of hydrogen-bond acceptors (Lipinski definition) is 8. The molecule has 1 aromatic rings. The fraction of sp³-hybridized carbons (Fsp3) is 0.450. The van der Waals surface area contributed by atoms with Gasteiger partial charge in [-0.3, -0.25) is 19.2 Å². The molecule has 0 aromatic heterocycles. The molecular formula is C20H25N5O7S. The number of phenolic OH excluding ortho intramolecular Hbond substituents is 1. The van der Waals surface area contributed by atoms with Crippen molar-refractivity contribution in [2.24, 2.45) is 11.5 Å². The van der Waals surface area contributed by atoms with Crippen LogP contribution < -0.4 is 22.1 Å². The van der Waals surface area contributed by atoms with Crippen LogP contribution in [0.5, 0.6) is 5.75 Å². The summed E-state index contributed by atoms with van der Waals surface area (Å²) in [5.41, 5.74) is 11.0. The highest BCUT2D eigenvalue weighted by Gasteiger charge is 2.64. The minimum Gasteiger partial charge on any atom is -0.508 e. The number of nitrogens with two attached hydrogens (primary N) is 2. The van der Waals surface area contributed by atoms with Crippen LogP contribution in [0, 0.1) is 0 Å². The fourth-order valence-electron chi connectivity index (χ4n) is 3.91. The quantitative estimate of drug-likeness (QED) is 0.237. The largest absolute Gasteiger partial charge is 0.508 e. The summed E-state index contributed by atoms with van der Waals surface area (Å²) in [7, 11) is 0. The Morgan fingerprint density at radius 2 is 1.79 bits per heavy atom. The van der Waals surface area contributed by atoms with Gasteiger partial charge in [0.25, 0.3) is 0 Å². The Balaban J connectivity index is 1.79. The maximum Gasteiger partial charge on any atom is 0.327 e. The highest BCUT2D eigenvalue weighted by Crippen LogP contribution is 2.50. The van der Waals surface area contributed by atoms with Crippen LogP contribution in [0.15, 0.2) is 24.3 Å². The van der Waals surface area contributed by atoms with Gasteiger partial charge in [-0.1, -0.05) is 12.1 Å². The molecule has 3 rings (SSSR count). The summed E-state index contributed by atoms with van der Waals surface area (Å²) in [6, 6.07) is 0.827. The Labute approximate surface area is 193 Å². The molecule has 0 bridgehead atoms. The van der Waals surface area contributed by atoms with Crippen LogP contribution in [-0.2, 0) is 24.0 Å². The first-order chi connectivity index (χ1) is 15.3. The Morgan fingerprint density at radius 3 is 2.33 bits per heavy atom. The molecule has 178 valence electrons. The molecule has 2 aliphatic rings. The van der Waals surface area contributed by atoms with E-state index < -0.39 is 70.3 Å². The average molecular weight is 480 g/mol. The number of aliphatic carboxylic acids is 1. The number of nitrogens with zero attached hydrogens (tertiary/aromatic N) is 1. The van der Waals surface area contributed by atoms with Gasteiger partial charge in [-0.05, 0) is 31.5 Å². The maximum atomic E-state index is 13.1. The predicted octanol–water partition coefficient (Wildman–Crippen LogP) is -1.62. The standard InChI is InChI=1S/C20H25N5O7S/c1-20(2)14(19(31)32)25-17(30)13(18(25)33-20)24-16(29)12(8-3-5-9(26)6-4-8)23-15(28)10(21)7-11(22)27/h3-6,10,12-14,18,26H,7,21H2,1-2H3,(H2,22,27)(H,23,28)(H,24,29)(H,31,32)/t10-,12?,13+,14-,18+/m0/s1. The van der Waals surface area contributed by atoms with Crippen molar-refractivity contribution in [3.8, 4) is 5.75 Å². The van der Waals surface area contributed by atoms with Gasteiger partial charge < -0.3 is 37.2 Å². The third-order valence-corrected chi connectivity index (χ3v) is 7.08. The molecule has 2 heterocycles. The summed E-state index contributed by atoms with van der Waals surface area (Å²) in [6.45, 7) is 3.42.